The van der Waals surface area contributed by atoms with Crippen LogP contribution in [0.15, 0.2) is 36.9 Å². The highest BCUT2D eigenvalue weighted by Crippen LogP contribution is 2.27. The van der Waals surface area contributed by atoms with E-state index in [4.69, 9.17) is 4.74 Å². The first kappa shape index (κ1) is 12.3. The van der Waals surface area contributed by atoms with Crippen molar-refractivity contribution in [3.05, 3.63) is 42.5 Å². The lowest BCUT2D eigenvalue weighted by Crippen LogP contribution is -2.23. The monoisotopic (exact) mass is 230 g/mol. The Balaban J connectivity index is 3.03. The number of benzene rings is 1. The van der Waals surface area contributed by atoms with Crippen LogP contribution in [0, 0.1) is 0 Å². The third kappa shape index (κ3) is 2.85. The maximum Gasteiger partial charge on any atom is 0.455 e. The van der Waals surface area contributed by atoms with E-state index in [0.717, 1.165) is 6.07 Å². The normalized spacial score (nSPS) is 10.9. The van der Waals surface area contributed by atoms with Gasteiger partial charge in [0.2, 0.25) is 0 Å². The number of hydrogen-bond acceptors (Lipinski definition) is 2. The zero-order valence-electron chi connectivity index (χ0n) is 8.25. The molecular weight excluding hydrogens is 221 g/mol. The molecule has 0 fully saturated rings. The second kappa shape index (κ2) is 4.83. The van der Waals surface area contributed by atoms with Crippen molar-refractivity contribution in [2.75, 3.05) is 6.61 Å². The van der Waals surface area contributed by atoms with Gasteiger partial charge in [-0.15, -0.1) is 0 Å². The highest BCUT2D eigenvalue weighted by atomic mass is 19.4. The van der Waals surface area contributed by atoms with Crippen molar-refractivity contribution in [1.82, 2.24) is 0 Å². The molecule has 86 valence electrons. The van der Waals surface area contributed by atoms with Gasteiger partial charge < -0.3 is 4.74 Å². The van der Waals surface area contributed by atoms with Crippen molar-refractivity contribution in [2.24, 2.45) is 0 Å². The summed E-state index contributed by atoms with van der Waals surface area (Å²) in [6.07, 6.45) is -3.51. The van der Waals surface area contributed by atoms with E-state index < -0.39 is 17.5 Å². The molecule has 16 heavy (non-hydrogen) atoms. The average molecular weight is 230 g/mol. The molecule has 0 aliphatic carbocycles. The minimum Gasteiger partial charge on any atom is -0.489 e. The number of ketones is 1. The summed E-state index contributed by atoms with van der Waals surface area (Å²) in [5.41, 5.74) is -0.489. The summed E-state index contributed by atoms with van der Waals surface area (Å²) in [5, 5.41) is 0. The minimum atomic E-state index is -4.90. The van der Waals surface area contributed by atoms with E-state index in [2.05, 4.69) is 6.58 Å². The molecule has 0 aliphatic heterocycles. The number of Topliss-reactive ketones (excluding diaryl/α,β-unsaturated/α-hetero) is 1. The van der Waals surface area contributed by atoms with Crippen LogP contribution >= 0.6 is 0 Å². The molecule has 5 heteroatoms. The average Bonchev–Trinajstić information content (AvgIpc) is 2.24. The van der Waals surface area contributed by atoms with E-state index >= 15 is 0 Å². The molecule has 1 aromatic rings. The summed E-state index contributed by atoms with van der Waals surface area (Å²) in [5.74, 6) is -2.00. The molecule has 0 amide bonds. The van der Waals surface area contributed by atoms with Crippen LogP contribution in [-0.4, -0.2) is 18.6 Å². The summed E-state index contributed by atoms with van der Waals surface area (Å²) >= 11 is 0. The number of hydrogen-bond donors (Lipinski definition) is 0. The van der Waals surface area contributed by atoms with E-state index in [0.29, 0.717) is 0 Å². The largest absolute Gasteiger partial charge is 0.489 e. The van der Waals surface area contributed by atoms with Crippen molar-refractivity contribution in [3.8, 4) is 5.75 Å². The molecule has 1 aromatic carbocycles. The van der Waals surface area contributed by atoms with Gasteiger partial charge in [-0.25, -0.2) is 0 Å². The number of alkyl halides is 3. The Morgan fingerprint density at radius 1 is 1.38 bits per heavy atom. The van der Waals surface area contributed by atoms with E-state index in [-0.39, 0.29) is 12.4 Å². The van der Waals surface area contributed by atoms with Gasteiger partial charge in [0.15, 0.2) is 0 Å². The van der Waals surface area contributed by atoms with E-state index in [1.165, 1.54) is 24.3 Å². The van der Waals surface area contributed by atoms with Crippen molar-refractivity contribution in [1.29, 1.82) is 0 Å². The molecule has 0 saturated carbocycles. The SMILES string of the molecule is C=CCOc1ccccc1C(=O)C(F)(F)F. The van der Waals surface area contributed by atoms with Crippen LogP contribution in [0.2, 0.25) is 0 Å². The molecule has 0 aromatic heterocycles. The summed E-state index contributed by atoms with van der Waals surface area (Å²) < 4.78 is 41.6. The van der Waals surface area contributed by atoms with Crippen molar-refractivity contribution >= 4 is 5.78 Å². The van der Waals surface area contributed by atoms with Gasteiger partial charge in [0, 0.05) is 0 Å². The lowest BCUT2D eigenvalue weighted by molar-refractivity contribution is -0.0886. The second-order valence-electron chi connectivity index (χ2n) is 2.92. The Hall–Kier alpha value is -1.78. The fourth-order valence-corrected chi connectivity index (χ4v) is 1.08. The smallest absolute Gasteiger partial charge is 0.455 e. The Bertz CT molecular complexity index is 396. The lowest BCUT2D eigenvalue weighted by atomic mass is 10.1. The van der Waals surface area contributed by atoms with Crippen LogP contribution in [0.25, 0.3) is 0 Å². The Labute approximate surface area is 90.3 Å². The molecule has 0 heterocycles. The second-order valence-corrected chi connectivity index (χ2v) is 2.92. The molecule has 0 N–H and O–H groups in total. The topological polar surface area (TPSA) is 26.3 Å². The summed E-state index contributed by atoms with van der Waals surface area (Å²) in [6.45, 7) is 3.41. The van der Waals surface area contributed by atoms with E-state index in [9.17, 15) is 18.0 Å². The summed E-state index contributed by atoms with van der Waals surface area (Å²) in [6, 6.07) is 5.22. The molecule has 1 rings (SSSR count). The van der Waals surface area contributed by atoms with Crippen LogP contribution in [0.3, 0.4) is 0 Å². The molecule has 0 radical (unpaired) electrons. The Kier molecular flexibility index (Phi) is 3.71. The zero-order valence-corrected chi connectivity index (χ0v) is 8.25. The van der Waals surface area contributed by atoms with Crippen LogP contribution < -0.4 is 4.74 Å². The number of rotatable bonds is 4. The van der Waals surface area contributed by atoms with Crippen molar-refractivity contribution < 1.29 is 22.7 Å². The lowest BCUT2D eigenvalue weighted by Gasteiger charge is -2.10. The van der Waals surface area contributed by atoms with Gasteiger partial charge >= 0.3 is 6.18 Å². The number of halogens is 3. The van der Waals surface area contributed by atoms with Gasteiger partial charge in [-0.05, 0) is 12.1 Å². The van der Waals surface area contributed by atoms with Crippen molar-refractivity contribution in [3.63, 3.8) is 0 Å². The Morgan fingerprint density at radius 2 is 2.00 bits per heavy atom. The number of para-hydroxylation sites is 1. The van der Waals surface area contributed by atoms with Crippen LogP contribution in [0.4, 0.5) is 13.2 Å². The molecule has 0 unspecified atom stereocenters. The third-order valence-corrected chi connectivity index (χ3v) is 1.75. The predicted molar refractivity (Wildman–Crippen MR) is 52.5 cm³/mol. The van der Waals surface area contributed by atoms with Crippen LogP contribution in [-0.2, 0) is 0 Å². The van der Waals surface area contributed by atoms with E-state index in [1.807, 2.05) is 0 Å². The van der Waals surface area contributed by atoms with Crippen LogP contribution in [0.1, 0.15) is 10.4 Å². The maximum absolute atomic E-state index is 12.2. The van der Waals surface area contributed by atoms with Gasteiger partial charge in [0.1, 0.15) is 12.4 Å². The minimum absolute atomic E-state index is 0.0438. The third-order valence-electron chi connectivity index (χ3n) is 1.75. The fraction of sp³-hybridized carbons (Fsp3) is 0.182. The molecule has 0 atom stereocenters. The number of carbonyl (C=O) groups excluding carboxylic acids is 1. The molecule has 0 spiro atoms. The standard InChI is InChI=1S/C11H9F3O2/c1-2-7-16-9-6-4-3-5-8(9)10(15)11(12,13)14/h2-6H,1,7H2. The van der Waals surface area contributed by atoms with Crippen LogP contribution in [0.5, 0.6) is 5.75 Å². The fourth-order valence-electron chi connectivity index (χ4n) is 1.08. The highest BCUT2D eigenvalue weighted by Gasteiger charge is 2.40. The Morgan fingerprint density at radius 3 is 2.56 bits per heavy atom. The molecular formula is C11H9F3O2. The van der Waals surface area contributed by atoms with Gasteiger partial charge in [0.05, 0.1) is 5.56 Å². The summed E-state index contributed by atoms with van der Waals surface area (Å²) in [7, 11) is 0. The molecule has 0 saturated heterocycles. The van der Waals surface area contributed by atoms with Gasteiger partial charge in [-0.1, -0.05) is 24.8 Å². The maximum atomic E-state index is 12.2. The highest BCUT2D eigenvalue weighted by molar-refractivity contribution is 6.02. The van der Waals surface area contributed by atoms with Gasteiger partial charge in [-0.3, -0.25) is 4.79 Å². The quantitative estimate of drug-likeness (QED) is 0.587. The van der Waals surface area contributed by atoms with Gasteiger partial charge in [-0.2, -0.15) is 13.2 Å². The molecule has 0 aliphatic rings. The summed E-state index contributed by atoms with van der Waals surface area (Å²) in [4.78, 5) is 11.0. The van der Waals surface area contributed by atoms with Crippen molar-refractivity contribution in [2.45, 2.75) is 6.18 Å². The predicted octanol–water partition coefficient (Wildman–Crippen LogP) is 3.00. The number of carbonyl (C=O) groups is 1. The molecule has 0 bridgehead atoms. The number of ether oxygens (including phenoxy) is 1. The first-order chi connectivity index (χ1) is 7.46. The molecule has 2 nitrogen and oxygen atoms in total. The first-order valence-corrected chi connectivity index (χ1v) is 4.41. The van der Waals surface area contributed by atoms with E-state index in [1.54, 1.807) is 0 Å². The van der Waals surface area contributed by atoms with Gasteiger partial charge in [0.25, 0.3) is 5.78 Å². The first-order valence-electron chi connectivity index (χ1n) is 4.41. The zero-order chi connectivity index (χ0) is 12.2.